The third kappa shape index (κ3) is 2.28. The number of rotatable bonds is 5. The number of nitrogens with zero attached hydrogens (tertiary/aromatic N) is 4. The molecule has 2 rings (SSSR count). The van der Waals surface area contributed by atoms with Crippen molar-refractivity contribution in [1.82, 2.24) is 25.5 Å². The third-order valence-electron chi connectivity index (χ3n) is 2.33. The van der Waals surface area contributed by atoms with Crippen LogP contribution >= 0.6 is 11.3 Å². The molecular formula is C10H15N5S. The van der Waals surface area contributed by atoms with Gasteiger partial charge in [0.25, 0.3) is 0 Å². The molecule has 1 N–H and O–H groups in total. The van der Waals surface area contributed by atoms with Crippen LogP contribution in [0, 0.1) is 0 Å². The fraction of sp³-hybridized carbons (Fsp3) is 0.500. The van der Waals surface area contributed by atoms with E-state index in [0.717, 1.165) is 24.5 Å². The van der Waals surface area contributed by atoms with Gasteiger partial charge in [-0.15, -0.1) is 5.10 Å². The highest BCUT2D eigenvalue weighted by atomic mass is 32.1. The molecule has 0 saturated carbocycles. The fourth-order valence-corrected chi connectivity index (χ4v) is 2.09. The molecule has 0 bridgehead atoms. The predicted octanol–water partition coefficient (Wildman–Crippen LogP) is 1.78. The van der Waals surface area contributed by atoms with Gasteiger partial charge in [0.1, 0.15) is 0 Å². The Morgan fingerprint density at radius 1 is 1.56 bits per heavy atom. The molecule has 6 heteroatoms. The molecule has 86 valence electrons. The van der Waals surface area contributed by atoms with E-state index in [1.54, 1.807) is 16.0 Å². The SMILES string of the molecule is CCCNC(C)c1nnnn1-c1ccsc1. The first kappa shape index (κ1) is 11.2. The van der Waals surface area contributed by atoms with Crippen molar-refractivity contribution in [3.05, 3.63) is 22.7 Å². The van der Waals surface area contributed by atoms with Crippen molar-refractivity contribution in [2.24, 2.45) is 0 Å². The third-order valence-corrected chi connectivity index (χ3v) is 3.00. The number of hydrogen-bond acceptors (Lipinski definition) is 5. The second kappa shape index (κ2) is 5.18. The number of aromatic nitrogens is 4. The van der Waals surface area contributed by atoms with E-state index in [1.165, 1.54) is 0 Å². The van der Waals surface area contributed by atoms with Crippen LogP contribution in [0.25, 0.3) is 5.69 Å². The predicted molar refractivity (Wildman–Crippen MR) is 63.7 cm³/mol. The summed E-state index contributed by atoms with van der Waals surface area (Å²) in [5.41, 5.74) is 1.02. The van der Waals surface area contributed by atoms with Gasteiger partial charge in [-0.25, -0.2) is 0 Å². The van der Waals surface area contributed by atoms with Gasteiger partial charge in [-0.1, -0.05) is 6.92 Å². The van der Waals surface area contributed by atoms with Crippen molar-refractivity contribution in [3.8, 4) is 5.69 Å². The van der Waals surface area contributed by atoms with Crippen LogP contribution < -0.4 is 5.32 Å². The molecule has 0 aliphatic heterocycles. The Labute approximate surface area is 98.5 Å². The summed E-state index contributed by atoms with van der Waals surface area (Å²) in [5.74, 6) is 0.854. The molecule has 5 nitrogen and oxygen atoms in total. The zero-order valence-corrected chi connectivity index (χ0v) is 10.2. The van der Waals surface area contributed by atoms with Crippen LogP contribution in [0.15, 0.2) is 16.8 Å². The second-order valence-electron chi connectivity index (χ2n) is 3.61. The van der Waals surface area contributed by atoms with Gasteiger partial charge < -0.3 is 5.32 Å². The monoisotopic (exact) mass is 237 g/mol. The summed E-state index contributed by atoms with van der Waals surface area (Å²) in [6, 6.07) is 2.17. The number of nitrogens with one attached hydrogen (secondary N) is 1. The summed E-state index contributed by atoms with van der Waals surface area (Å²) < 4.78 is 1.78. The topological polar surface area (TPSA) is 55.6 Å². The van der Waals surface area contributed by atoms with E-state index in [-0.39, 0.29) is 6.04 Å². The summed E-state index contributed by atoms with van der Waals surface area (Å²) in [7, 11) is 0. The molecule has 0 saturated heterocycles. The van der Waals surface area contributed by atoms with E-state index >= 15 is 0 Å². The van der Waals surface area contributed by atoms with Gasteiger partial charge in [0, 0.05) is 5.38 Å². The van der Waals surface area contributed by atoms with Crippen molar-refractivity contribution in [1.29, 1.82) is 0 Å². The molecule has 2 heterocycles. The molecule has 1 unspecified atom stereocenters. The first-order valence-electron chi connectivity index (χ1n) is 5.37. The lowest BCUT2D eigenvalue weighted by molar-refractivity contribution is 0.531. The molecule has 0 amide bonds. The first-order valence-corrected chi connectivity index (χ1v) is 6.31. The minimum absolute atomic E-state index is 0.162. The summed E-state index contributed by atoms with van der Waals surface area (Å²) >= 11 is 1.64. The van der Waals surface area contributed by atoms with E-state index in [0.29, 0.717) is 0 Å². The highest BCUT2D eigenvalue weighted by Crippen LogP contribution is 2.16. The molecule has 0 aromatic carbocycles. The van der Waals surface area contributed by atoms with Crippen molar-refractivity contribution in [2.75, 3.05) is 6.54 Å². The lowest BCUT2D eigenvalue weighted by Gasteiger charge is -2.11. The molecule has 1 atom stereocenters. The minimum atomic E-state index is 0.162. The van der Waals surface area contributed by atoms with Gasteiger partial charge in [0.2, 0.25) is 0 Å². The van der Waals surface area contributed by atoms with E-state index in [4.69, 9.17) is 0 Å². The zero-order chi connectivity index (χ0) is 11.4. The Kier molecular flexibility index (Phi) is 3.63. The van der Waals surface area contributed by atoms with Crippen molar-refractivity contribution in [2.45, 2.75) is 26.3 Å². The molecule has 0 fully saturated rings. The van der Waals surface area contributed by atoms with Gasteiger partial charge in [0.15, 0.2) is 5.82 Å². The second-order valence-corrected chi connectivity index (χ2v) is 4.39. The maximum atomic E-state index is 4.07. The van der Waals surface area contributed by atoms with Crippen molar-refractivity contribution < 1.29 is 0 Å². The van der Waals surface area contributed by atoms with Crippen LogP contribution in [0.2, 0.25) is 0 Å². The van der Waals surface area contributed by atoms with Gasteiger partial charge >= 0.3 is 0 Å². The van der Waals surface area contributed by atoms with Crippen LogP contribution in [0.3, 0.4) is 0 Å². The van der Waals surface area contributed by atoms with E-state index < -0.39 is 0 Å². The van der Waals surface area contributed by atoms with Gasteiger partial charge in [-0.05, 0) is 41.8 Å². The smallest absolute Gasteiger partial charge is 0.173 e. The fourth-order valence-electron chi connectivity index (χ4n) is 1.48. The van der Waals surface area contributed by atoms with E-state index in [2.05, 4.69) is 34.7 Å². The number of tetrazole rings is 1. The van der Waals surface area contributed by atoms with Crippen LogP contribution in [0.1, 0.15) is 32.1 Å². The molecular weight excluding hydrogens is 222 g/mol. The molecule has 2 aromatic heterocycles. The first-order chi connectivity index (χ1) is 7.83. The van der Waals surface area contributed by atoms with Crippen LogP contribution in [-0.2, 0) is 0 Å². The zero-order valence-electron chi connectivity index (χ0n) is 9.42. The maximum Gasteiger partial charge on any atom is 0.173 e. The highest BCUT2D eigenvalue weighted by molar-refractivity contribution is 7.08. The molecule has 16 heavy (non-hydrogen) atoms. The molecule has 0 aliphatic rings. The van der Waals surface area contributed by atoms with Crippen molar-refractivity contribution >= 4 is 11.3 Å². The lowest BCUT2D eigenvalue weighted by atomic mass is 10.3. The lowest BCUT2D eigenvalue weighted by Crippen LogP contribution is -2.22. The Balaban J connectivity index is 2.19. The average Bonchev–Trinajstić information content (AvgIpc) is 2.94. The van der Waals surface area contributed by atoms with Gasteiger partial charge in [-0.2, -0.15) is 16.0 Å². The molecule has 2 aromatic rings. The summed E-state index contributed by atoms with van der Waals surface area (Å²) in [5, 5.41) is 19.2. The Bertz CT molecular complexity index is 422. The Morgan fingerprint density at radius 2 is 2.44 bits per heavy atom. The number of hydrogen-bond donors (Lipinski definition) is 1. The van der Waals surface area contributed by atoms with Gasteiger partial charge in [-0.3, -0.25) is 0 Å². The Morgan fingerprint density at radius 3 is 3.12 bits per heavy atom. The summed E-state index contributed by atoms with van der Waals surface area (Å²) in [4.78, 5) is 0. The van der Waals surface area contributed by atoms with Crippen LogP contribution in [0.5, 0.6) is 0 Å². The standard InChI is InChI=1S/C10H15N5S/c1-3-5-11-8(2)10-12-13-14-15(10)9-4-6-16-7-9/h4,6-8,11H,3,5H2,1-2H3. The van der Waals surface area contributed by atoms with Crippen molar-refractivity contribution in [3.63, 3.8) is 0 Å². The quantitative estimate of drug-likeness (QED) is 0.861. The van der Waals surface area contributed by atoms with Gasteiger partial charge in [0.05, 0.1) is 11.7 Å². The molecule has 0 spiro atoms. The van der Waals surface area contributed by atoms with E-state index in [9.17, 15) is 0 Å². The average molecular weight is 237 g/mol. The molecule has 0 aliphatic carbocycles. The summed E-state index contributed by atoms with van der Waals surface area (Å²) in [6.07, 6.45) is 1.10. The highest BCUT2D eigenvalue weighted by Gasteiger charge is 2.14. The number of thiophene rings is 1. The maximum absolute atomic E-state index is 4.07. The normalized spacial score (nSPS) is 12.9. The van der Waals surface area contributed by atoms with E-state index in [1.807, 2.05) is 16.8 Å². The summed E-state index contributed by atoms with van der Waals surface area (Å²) in [6.45, 7) is 5.18. The Hall–Kier alpha value is -1.27. The minimum Gasteiger partial charge on any atom is -0.307 e. The van der Waals surface area contributed by atoms with Crippen LogP contribution in [-0.4, -0.2) is 26.8 Å². The van der Waals surface area contributed by atoms with Crippen LogP contribution in [0.4, 0.5) is 0 Å². The largest absolute Gasteiger partial charge is 0.307 e. The molecule has 0 radical (unpaired) electrons.